The number of benzene rings is 1. The van der Waals surface area contributed by atoms with Crippen LogP contribution in [0.15, 0.2) is 48.1 Å². The third-order valence-corrected chi connectivity index (χ3v) is 5.15. The maximum Gasteiger partial charge on any atom is 0.249 e. The molecule has 1 aromatic carbocycles. The number of anilines is 1. The van der Waals surface area contributed by atoms with E-state index < -0.39 is 0 Å². The van der Waals surface area contributed by atoms with Gasteiger partial charge in [-0.05, 0) is 42.7 Å². The fraction of sp³-hybridized carbons (Fsp3) is 0.300. The zero-order valence-electron chi connectivity index (χ0n) is 15.2. The SMILES string of the molecule is CC(C)C[C@@H](C(=O)Nc1nc(-c2ccc3c(c2)OCO3)cs1)n1cccc1. The first-order valence-corrected chi connectivity index (χ1v) is 9.77. The number of thiazole rings is 1. The van der Waals surface area contributed by atoms with Gasteiger partial charge in [-0.3, -0.25) is 4.79 Å². The Morgan fingerprint density at radius 1 is 1.26 bits per heavy atom. The van der Waals surface area contributed by atoms with Crippen LogP contribution in [0.1, 0.15) is 26.3 Å². The molecule has 1 atom stereocenters. The molecule has 3 aromatic rings. The number of fused-ring (bicyclic) bond motifs is 1. The van der Waals surface area contributed by atoms with Crippen LogP contribution in [0.3, 0.4) is 0 Å². The van der Waals surface area contributed by atoms with Crippen molar-refractivity contribution in [1.29, 1.82) is 0 Å². The standard InChI is InChI=1S/C20H21N3O3S/c1-13(2)9-16(23-7-3-4-8-23)19(24)22-20-21-15(11-27-20)14-5-6-17-18(10-14)26-12-25-17/h3-8,10-11,13,16H,9,12H2,1-2H3,(H,21,22,24)/t16-/m0/s1. The number of carbonyl (C=O) groups excluding carboxylic acids is 1. The van der Waals surface area contributed by atoms with Gasteiger partial charge in [0.25, 0.3) is 0 Å². The first kappa shape index (κ1) is 17.6. The summed E-state index contributed by atoms with van der Waals surface area (Å²) in [4.78, 5) is 17.4. The van der Waals surface area contributed by atoms with Crippen LogP contribution in [0, 0.1) is 5.92 Å². The Balaban J connectivity index is 1.50. The number of hydrogen-bond acceptors (Lipinski definition) is 5. The lowest BCUT2D eigenvalue weighted by Gasteiger charge is -2.19. The molecule has 0 radical (unpaired) electrons. The van der Waals surface area contributed by atoms with Gasteiger partial charge < -0.3 is 19.4 Å². The summed E-state index contributed by atoms with van der Waals surface area (Å²) in [6.07, 6.45) is 4.61. The molecule has 1 N–H and O–H groups in total. The van der Waals surface area contributed by atoms with E-state index in [0.29, 0.717) is 11.0 Å². The molecule has 0 fully saturated rings. The van der Waals surface area contributed by atoms with E-state index in [0.717, 1.165) is 29.2 Å². The summed E-state index contributed by atoms with van der Waals surface area (Å²) < 4.78 is 12.7. The molecule has 3 heterocycles. The van der Waals surface area contributed by atoms with E-state index >= 15 is 0 Å². The smallest absolute Gasteiger partial charge is 0.249 e. The number of ether oxygens (including phenoxy) is 2. The van der Waals surface area contributed by atoms with Gasteiger partial charge >= 0.3 is 0 Å². The van der Waals surface area contributed by atoms with Gasteiger partial charge in [0.1, 0.15) is 6.04 Å². The van der Waals surface area contributed by atoms with E-state index in [2.05, 4.69) is 24.1 Å². The summed E-state index contributed by atoms with van der Waals surface area (Å²) in [7, 11) is 0. The summed E-state index contributed by atoms with van der Waals surface area (Å²) in [5.74, 6) is 1.82. The molecule has 1 amide bonds. The number of rotatable bonds is 6. The topological polar surface area (TPSA) is 65.4 Å². The van der Waals surface area contributed by atoms with Crippen LogP contribution in [-0.4, -0.2) is 22.3 Å². The predicted octanol–water partition coefficient (Wildman–Crippen LogP) is 4.57. The Labute approximate surface area is 161 Å². The van der Waals surface area contributed by atoms with Crippen molar-refractivity contribution in [2.75, 3.05) is 12.1 Å². The Morgan fingerprint density at radius 3 is 2.81 bits per heavy atom. The van der Waals surface area contributed by atoms with E-state index in [-0.39, 0.29) is 18.7 Å². The number of aromatic nitrogens is 2. The van der Waals surface area contributed by atoms with Gasteiger partial charge in [0, 0.05) is 23.3 Å². The number of hydrogen-bond donors (Lipinski definition) is 1. The van der Waals surface area contributed by atoms with Crippen molar-refractivity contribution < 1.29 is 14.3 Å². The lowest BCUT2D eigenvalue weighted by atomic mass is 10.0. The molecule has 0 saturated heterocycles. The lowest BCUT2D eigenvalue weighted by Crippen LogP contribution is -2.26. The third kappa shape index (κ3) is 3.83. The zero-order chi connectivity index (χ0) is 18.8. The second-order valence-electron chi connectivity index (χ2n) is 6.87. The van der Waals surface area contributed by atoms with Crippen molar-refractivity contribution in [3.8, 4) is 22.8 Å². The molecule has 4 rings (SSSR count). The van der Waals surface area contributed by atoms with Gasteiger partial charge in [-0.1, -0.05) is 13.8 Å². The van der Waals surface area contributed by atoms with Crippen LogP contribution >= 0.6 is 11.3 Å². The number of amides is 1. The van der Waals surface area contributed by atoms with E-state index in [1.807, 2.05) is 52.7 Å². The Hall–Kier alpha value is -2.80. The fourth-order valence-electron chi connectivity index (χ4n) is 3.07. The number of nitrogens with one attached hydrogen (secondary N) is 1. The molecular weight excluding hydrogens is 362 g/mol. The van der Waals surface area contributed by atoms with Crippen molar-refractivity contribution in [2.24, 2.45) is 5.92 Å². The number of carbonyl (C=O) groups is 1. The van der Waals surface area contributed by atoms with Crippen LogP contribution < -0.4 is 14.8 Å². The number of nitrogens with zero attached hydrogens (tertiary/aromatic N) is 2. The fourth-order valence-corrected chi connectivity index (χ4v) is 3.80. The molecule has 0 saturated carbocycles. The van der Waals surface area contributed by atoms with Crippen LogP contribution in [0.5, 0.6) is 11.5 Å². The van der Waals surface area contributed by atoms with Gasteiger partial charge in [-0.2, -0.15) is 0 Å². The first-order valence-electron chi connectivity index (χ1n) is 8.89. The molecule has 2 aromatic heterocycles. The first-order chi connectivity index (χ1) is 13.1. The lowest BCUT2D eigenvalue weighted by molar-refractivity contribution is -0.119. The maximum atomic E-state index is 12.8. The summed E-state index contributed by atoms with van der Waals surface area (Å²) in [5, 5.41) is 5.49. The van der Waals surface area contributed by atoms with Crippen LogP contribution in [0.4, 0.5) is 5.13 Å². The normalized spacial score (nSPS) is 13.7. The van der Waals surface area contributed by atoms with Gasteiger partial charge in [-0.15, -0.1) is 11.3 Å². The van der Waals surface area contributed by atoms with E-state index in [4.69, 9.17) is 9.47 Å². The second-order valence-corrected chi connectivity index (χ2v) is 7.73. The van der Waals surface area contributed by atoms with Gasteiger partial charge in [-0.25, -0.2) is 4.98 Å². The molecular formula is C20H21N3O3S. The summed E-state index contributed by atoms with van der Waals surface area (Å²) in [5.41, 5.74) is 1.73. The van der Waals surface area contributed by atoms with E-state index in [1.54, 1.807) is 0 Å². The summed E-state index contributed by atoms with van der Waals surface area (Å²) in [6, 6.07) is 9.33. The highest BCUT2D eigenvalue weighted by molar-refractivity contribution is 7.14. The maximum absolute atomic E-state index is 12.8. The van der Waals surface area contributed by atoms with Crippen molar-refractivity contribution in [2.45, 2.75) is 26.3 Å². The molecule has 7 heteroatoms. The van der Waals surface area contributed by atoms with Crippen molar-refractivity contribution in [1.82, 2.24) is 9.55 Å². The minimum absolute atomic E-state index is 0.0495. The average molecular weight is 383 g/mol. The average Bonchev–Trinajstić information content (AvgIpc) is 3.39. The summed E-state index contributed by atoms with van der Waals surface area (Å²) in [6.45, 7) is 4.48. The molecule has 6 nitrogen and oxygen atoms in total. The minimum Gasteiger partial charge on any atom is -0.454 e. The molecule has 1 aliphatic heterocycles. The van der Waals surface area contributed by atoms with E-state index in [9.17, 15) is 4.79 Å². The quantitative estimate of drug-likeness (QED) is 0.677. The molecule has 27 heavy (non-hydrogen) atoms. The molecule has 1 aliphatic rings. The molecule has 140 valence electrons. The third-order valence-electron chi connectivity index (χ3n) is 4.39. The van der Waals surface area contributed by atoms with Gasteiger partial charge in [0.2, 0.25) is 12.7 Å². The van der Waals surface area contributed by atoms with Crippen LogP contribution in [0.25, 0.3) is 11.3 Å². The van der Waals surface area contributed by atoms with Gasteiger partial charge in [0.15, 0.2) is 16.6 Å². The van der Waals surface area contributed by atoms with E-state index in [1.165, 1.54) is 11.3 Å². The highest BCUT2D eigenvalue weighted by Crippen LogP contribution is 2.36. The largest absolute Gasteiger partial charge is 0.454 e. The second kappa shape index (κ2) is 7.44. The Kier molecular flexibility index (Phi) is 4.85. The minimum atomic E-state index is -0.252. The highest BCUT2D eigenvalue weighted by Gasteiger charge is 2.22. The monoisotopic (exact) mass is 383 g/mol. The van der Waals surface area contributed by atoms with Crippen molar-refractivity contribution in [3.63, 3.8) is 0 Å². The molecule has 0 unspecified atom stereocenters. The van der Waals surface area contributed by atoms with Crippen molar-refractivity contribution >= 4 is 22.4 Å². The molecule has 0 aliphatic carbocycles. The molecule has 0 bridgehead atoms. The van der Waals surface area contributed by atoms with Crippen molar-refractivity contribution in [3.05, 3.63) is 48.1 Å². The zero-order valence-corrected chi connectivity index (χ0v) is 16.0. The Bertz CT molecular complexity index is 934. The highest BCUT2D eigenvalue weighted by atomic mass is 32.1. The van der Waals surface area contributed by atoms with Crippen LogP contribution in [0.2, 0.25) is 0 Å². The Morgan fingerprint density at radius 2 is 2.04 bits per heavy atom. The van der Waals surface area contributed by atoms with Crippen LogP contribution in [-0.2, 0) is 4.79 Å². The van der Waals surface area contributed by atoms with Gasteiger partial charge in [0.05, 0.1) is 5.69 Å². The predicted molar refractivity (Wildman–Crippen MR) is 105 cm³/mol. The molecule has 0 spiro atoms. The summed E-state index contributed by atoms with van der Waals surface area (Å²) >= 11 is 1.42.